The Morgan fingerprint density at radius 3 is 2.44 bits per heavy atom. The molecule has 1 saturated heterocycles. The zero-order chi connectivity index (χ0) is 19.1. The monoisotopic (exact) mass is 369 g/mol. The number of aromatic nitrogens is 1. The van der Waals surface area contributed by atoms with Crippen LogP contribution in [0.5, 0.6) is 0 Å². The molecule has 0 spiro atoms. The number of morpholine rings is 1. The van der Waals surface area contributed by atoms with Crippen LogP contribution in [0.15, 0.2) is 42.6 Å². The summed E-state index contributed by atoms with van der Waals surface area (Å²) in [6, 6.07) is 11.7. The van der Waals surface area contributed by atoms with Crippen LogP contribution in [0.3, 0.4) is 0 Å². The molecule has 0 radical (unpaired) electrons. The van der Waals surface area contributed by atoms with E-state index in [1.165, 1.54) is 0 Å². The summed E-state index contributed by atoms with van der Waals surface area (Å²) < 4.78 is 5.32. The SMILES string of the molecule is CN(C)c1ccc(Nc2ccc(C(=O)NCCN3CCOCC3)nc2)cc1. The fraction of sp³-hybridized carbons (Fsp3) is 0.400. The molecule has 2 N–H and O–H groups in total. The van der Waals surface area contributed by atoms with Gasteiger partial charge < -0.3 is 20.3 Å². The van der Waals surface area contributed by atoms with Gasteiger partial charge in [-0.3, -0.25) is 9.69 Å². The van der Waals surface area contributed by atoms with Crippen LogP contribution in [0.25, 0.3) is 0 Å². The molecule has 27 heavy (non-hydrogen) atoms. The topological polar surface area (TPSA) is 69.7 Å². The Morgan fingerprint density at radius 2 is 1.81 bits per heavy atom. The Hall–Kier alpha value is -2.64. The third kappa shape index (κ3) is 5.67. The molecule has 2 heterocycles. The summed E-state index contributed by atoms with van der Waals surface area (Å²) in [5.74, 6) is -0.148. The molecule has 1 fully saturated rings. The van der Waals surface area contributed by atoms with Crippen molar-refractivity contribution in [3.05, 3.63) is 48.3 Å². The number of hydrogen-bond acceptors (Lipinski definition) is 6. The standard InChI is InChI=1S/C20H27N5O2/c1-24(2)18-6-3-16(4-7-18)23-17-5-8-19(22-15-17)20(26)21-9-10-25-11-13-27-14-12-25/h3-8,15,23H,9-14H2,1-2H3,(H,21,26). The Labute approximate surface area is 160 Å². The summed E-state index contributed by atoms with van der Waals surface area (Å²) in [5, 5.41) is 6.21. The van der Waals surface area contributed by atoms with Crippen molar-refractivity contribution in [3.63, 3.8) is 0 Å². The van der Waals surface area contributed by atoms with E-state index in [0.29, 0.717) is 12.2 Å². The second kappa shape index (κ2) is 9.34. The maximum atomic E-state index is 12.2. The van der Waals surface area contributed by atoms with Gasteiger partial charge in [-0.2, -0.15) is 0 Å². The van der Waals surface area contributed by atoms with Crippen LogP contribution in [0.2, 0.25) is 0 Å². The number of carbonyl (C=O) groups excluding carboxylic acids is 1. The number of rotatable bonds is 7. The van der Waals surface area contributed by atoms with E-state index >= 15 is 0 Å². The number of nitrogens with one attached hydrogen (secondary N) is 2. The highest BCUT2D eigenvalue weighted by Crippen LogP contribution is 2.19. The molecule has 7 heteroatoms. The number of pyridine rings is 1. The van der Waals surface area contributed by atoms with Gasteiger partial charge >= 0.3 is 0 Å². The Morgan fingerprint density at radius 1 is 1.11 bits per heavy atom. The molecule has 0 bridgehead atoms. The molecular weight excluding hydrogens is 342 g/mol. The zero-order valence-corrected chi connectivity index (χ0v) is 15.9. The molecule has 7 nitrogen and oxygen atoms in total. The molecule has 2 aromatic rings. The molecule has 0 saturated carbocycles. The van der Waals surface area contributed by atoms with Crippen molar-refractivity contribution in [2.75, 3.05) is 63.7 Å². The minimum atomic E-state index is -0.148. The third-order valence-electron chi connectivity index (χ3n) is 4.49. The molecule has 3 rings (SSSR count). The lowest BCUT2D eigenvalue weighted by atomic mass is 10.2. The average Bonchev–Trinajstić information content (AvgIpc) is 2.70. The van der Waals surface area contributed by atoms with Crippen molar-refractivity contribution >= 4 is 23.0 Å². The minimum absolute atomic E-state index is 0.148. The van der Waals surface area contributed by atoms with Gasteiger partial charge in [-0.05, 0) is 36.4 Å². The Balaban J connectivity index is 1.48. The first-order valence-corrected chi connectivity index (χ1v) is 9.20. The summed E-state index contributed by atoms with van der Waals surface area (Å²) in [5.41, 5.74) is 3.39. The number of ether oxygens (including phenoxy) is 1. The van der Waals surface area contributed by atoms with E-state index in [1.807, 2.05) is 44.4 Å². The number of hydrogen-bond donors (Lipinski definition) is 2. The zero-order valence-electron chi connectivity index (χ0n) is 15.9. The maximum absolute atomic E-state index is 12.2. The second-order valence-electron chi connectivity index (χ2n) is 6.71. The lowest BCUT2D eigenvalue weighted by Gasteiger charge is -2.26. The molecule has 144 valence electrons. The summed E-state index contributed by atoms with van der Waals surface area (Å²) in [6.07, 6.45) is 1.68. The molecule has 1 aliphatic rings. The van der Waals surface area contributed by atoms with Crippen LogP contribution in [0.4, 0.5) is 17.1 Å². The maximum Gasteiger partial charge on any atom is 0.269 e. The molecule has 1 aliphatic heterocycles. The van der Waals surface area contributed by atoms with Crippen molar-refractivity contribution in [2.45, 2.75) is 0 Å². The van der Waals surface area contributed by atoms with E-state index in [9.17, 15) is 4.79 Å². The van der Waals surface area contributed by atoms with Gasteiger partial charge in [0.15, 0.2) is 0 Å². The van der Waals surface area contributed by atoms with Gasteiger partial charge in [0.2, 0.25) is 0 Å². The predicted molar refractivity (Wildman–Crippen MR) is 108 cm³/mol. The quantitative estimate of drug-likeness (QED) is 0.778. The van der Waals surface area contributed by atoms with E-state index in [1.54, 1.807) is 12.3 Å². The fourth-order valence-corrected chi connectivity index (χ4v) is 2.85. The number of benzene rings is 1. The van der Waals surface area contributed by atoms with Crippen molar-refractivity contribution < 1.29 is 9.53 Å². The summed E-state index contributed by atoms with van der Waals surface area (Å²) >= 11 is 0. The lowest BCUT2D eigenvalue weighted by Crippen LogP contribution is -2.41. The van der Waals surface area contributed by atoms with Gasteiger partial charge in [0.05, 0.1) is 25.1 Å². The molecular formula is C20H27N5O2. The normalized spacial score (nSPS) is 14.6. The molecule has 0 aliphatic carbocycles. The van der Waals surface area contributed by atoms with Gasteiger partial charge in [-0.1, -0.05) is 0 Å². The number of anilines is 3. The van der Waals surface area contributed by atoms with E-state index in [2.05, 4.69) is 25.4 Å². The van der Waals surface area contributed by atoms with Gasteiger partial charge in [0.1, 0.15) is 5.69 Å². The molecule has 0 unspecified atom stereocenters. The van der Waals surface area contributed by atoms with E-state index in [-0.39, 0.29) is 5.91 Å². The summed E-state index contributed by atoms with van der Waals surface area (Å²) in [4.78, 5) is 20.8. The Bertz CT molecular complexity index is 725. The third-order valence-corrected chi connectivity index (χ3v) is 4.49. The van der Waals surface area contributed by atoms with Gasteiger partial charge in [-0.25, -0.2) is 4.98 Å². The number of nitrogens with zero attached hydrogens (tertiary/aromatic N) is 3. The number of amides is 1. The Kier molecular flexibility index (Phi) is 6.62. The van der Waals surface area contributed by atoms with Crippen LogP contribution < -0.4 is 15.5 Å². The first kappa shape index (κ1) is 19.1. The van der Waals surface area contributed by atoms with Crippen LogP contribution in [0, 0.1) is 0 Å². The highest BCUT2D eigenvalue weighted by molar-refractivity contribution is 5.92. The van der Waals surface area contributed by atoms with E-state index < -0.39 is 0 Å². The number of carbonyl (C=O) groups is 1. The lowest BCUT2D eigenvalue weighted by molar-refractivity contribution is 0.0383. The fourth-order valence-electron chi connectivity index (χ4n) is 2.85. The van der Waals surface area contributed by atoms with E-state index in [4.69, 9.17) is 4.74 Å². The van der Waals surface area contributed by atoms with E-state index in [0.717, 1.165) is 49.9 Å². The van der Waals surface area contributed by atoms with Gasteiger partial charge in [-0.15, -0.1) is 0 Å². The average molecular weight is 369 g/mol. The van der Waals surface area contributed by atoms with Crippen LogP contribution in [0.1, 0.15) is 10.5 Å². The summed E-state index contributed by atoms with van der Waals surface area (Å²) in [7, 11) is 4.02. The summed E-state index contributed by atoms with van der Waals surface area (Å²) in [6.45, 7) is 4.81. The van der Waals surface area contributed by atoms with Crippen molar-refractivity contribution in [3.8, 4) is 0 Å². The van der Waals surface area contributed by atoms with Crippen molar-refractivity contribution in [1.29, 1.82) is 0 Å². The first-order chi connectivity index (χ1) is 13.1. The van der Waals surface area contributed by atoms with Crippen LogP contribution >= 0.6 is 0 Å². The van der Waals surface area contributed by atoms with Gasteiger partial charge in [0, 0.05) is 51.6 Å². The highest BCUT2D eigenvalue weighted by atomic mass is 16.5. The van der Waals surface area contributed by atoms with Crippen LogP contribution in [-0.4, -0.2) is 69.3 Å². The molecule has 0 atom stereocenters. The molecule has 1 amide bonds. The largest absolute Gasteiger partial charge is 0.379 e. The molecule has 1 aromatic carbocycles. The highest BCUT2D eigenvalue weighted by Gasteiger charge is 2.11. The van der Waals surface area contributed by atoms with Gasteiger partial charge in [0.25, 0.3) is 5.91 Å². The first-order valence-electron chi connectivity index (χ1n) is 9.20. The molecule has 1 aromatic heterocycles. The second-order valence-corrected chi connectivity index (χ2v) is 6.71. The van der Waals surface area contributed by atoms with Crippen molar-refractivity contribution in [1.82, 2.24) is 15.2 Å². The van der Waals surface area contributed by atoms with Crippen molar-refractivity contribution in [2.24, 2.45) is 0 Å². The predicted octanol–water partition coefficient (Wildman–Crippen LogP) is 1.95. The minimum Gasteiger partial charge on any atom is -0.379 e. The smallest absolute Gasteiger partial charge is 0.269 e. The van der Waals surface area contributed by atoms with Crippen LogP contribution in [-0.2, 0) is 4.74 Å².